The fourth-order valence-electron chi connectivity index (χ4n) is 5.85. The minimum absolute atomic E-state index is 0.113. The highest BCUT2D eigenvalue weighted by Crippen LogP contribution is 2.40. The van der Waals surface area contributed by atoms with Crippen molar-refractivity contribution < 1.29 is 9.59 Å². The Labute approximate surface area is 168 Å². The number of primary amides is 1. The third kappa shape index (κ3) is 3.40. The van der Waals surface area contributed by atoms with Crippen LogP contribution in [0.15, 0.2) is 24.3 Å². The number of anilines is 1. The topological polar surface area (TPSA) is 66.6 Å². The van der Waals surface area contributed by atoms with Gasteiger partial charge in [-0.2, -0.15) is 0 Å². The van der Waals surface area contributed by atoms with Crippen molar-refractivity contribution in [3.05, 3.63) is 29.8 Å². The van der Waals surface area contributed by atoms with E-state index in [0.717, 1.165) is 36.6 Å². The Morgan fingerprint density at radius 2 is 1.86 bits per heavy atom. The minimum Gasteiger partial charge on any atom is -0.369 e. The monoisotopic (exact) mass is 383 g/mol. The number of carbonyl (C=O) groups excluding carboxylic acids is 2. The third-order valence-corrected chi connectivity index (χ3v) is 7.44. The zero-order valence-electron chi connectivity index (χ0n) is 17.1. The van der Waals surface area contributed by atoms with E-state index in [-0.39, 0.29) is 23.8 Å². The van der Waals surface area contributed by atoms with Gasteiger partial charge in [-0.25, -0.2) is 0 Å². The average molecular weight is 384 g/mol. The molecular formula is C23H33N3O2. The molecule has 1 aromatic rings. The number of hydrogen-bond donors (Lipinski definition) is 1. The van der Waals surface area contributed by atoms with Gasteiger partial charge in [-0.3, -0.25) is 9.59 Å². The summed E-state index contributed by atoms with van der Waals surface area (Å²) in [4.78, 5) is 29.7. The SMILES string of the molecule is C[C@@H]1CCN(C(=O)CN2c3ccccc3[C@H](C(N)=O)C[C@@H]2C)[C@H]2CCCC[C@@H]12. The molecule has 1 saturated heterocycles. The first-order valence-corrected chi connectivity index (χ1v) is 10.9. The molecule has 5 heteroatoms. The summed E-state index contributed by atoms with van der Waals surface area (Å²) in [6.45, 7) is 5.73. The van der Waals surface area contributed by atoms with Crippen molar-refractivity contribution in [2.75, 3.05) is 18.0 Å². The van der Waals surface area contributed by atoms with E-state index in [1.165, 1.54) is 19.3 Å². The lowest BCUT2D eigenvalue weighted by atomic mass is 9.72. The summed E-state index contributed by atoms with van der Waals surface area (Å²) >= 11 is 0. The van der Waals surface area contributed by atoms with E-state index in [0.29, 0.717) is 24.9 Å². The molecule has 0 aromatic heterocycles. The number of piperidine rings is 1. The Morgan fingerprint density at radius 3 is 2.64 bits per heavy atom. The molecule has 1 aromatic carbocycles. The van der Waals surface area contributed by atoms with Crippen LogP contribution in [-0.4, -0.2) is 41.9 Å². The number of fused-ring (bicyclic) bond motifs is 2. The van der Waals surface area contributed by atoms with Gasteiger partial charge >= 0.3 is 0 Å². The predicted octanol–water partition coefficient (Wildman–Crippen LogP) is 3.28. The van der Waals surface area contributed by atoms with Gasteiger partial charge in [0, 0.05) is 24.3 Å². The van der Waals surface area contributed by atoms with Gasteiger partial charge in [0.2, 0.25) is 11.8 Å². The van der Waals surface area contributed by atoms with Gasteiger partial charge in [0.1, 0.15) is 0 Å². The van der Waals surface area contributed by atoms with Crippen LogP contribution in [0.1, 0.15) is 63.9 Å². The van der Waals surface area contributed by atoms with Crippen LogP contribution < -0.4 is 10.6 Å². The number of carbonyl (C=O) groups is 2. The quantitative estimate of drug-likeness (QED) is 0.871. The molecule has 3 aliphatic rings. The maximum atomic E-state index is 13.4. The Bertz CT molecular complexity index is 749. The zero-order valence-corrected chi connectivity index (χ0v) is 17.1. The molecule has 5 atom stereocenters. The highest BCUT2D eigenvalue weighted by atomic mass is 16.2. The van der Waals surface area contributed by atoms with Gasteiger partial charge in [0.15, 0.2) is 0 Å². The van der Waals surface area contributed by atoms with Gasteiger partial charge in [-0.15, -0.1) is 0 Å². The second kappa shape index (κ2) is 7.76. The summed E-state index contributed by atoms with van der Waals surface area (Å²) in [5.74, 6) is 1.08. The van der Waals surface area contributed by atoms with Crippen molar-refractivity contribution in [1.29, 1.82) is 0 Å². The molecule has 4 rings (SSSR count). The molecule has 2 amide bonds. The van der Waals surface area contributed by atoms with Crippen molar-refractivity contribution in [3.63, 3.8) is 0 Å². The van der Waals surface area contributed by atoms with E-state index in [2.05, 4.69) is 23.6 Å². The number of hydrogen-bond acceptors (Lipinski definition) is 3. The lowest BCUT2D eigenvalue weighted by Gasteiger charge is -2.48. The molecule has 1 saturated carbocycles. The summed E-state index contributed by atoms with van der Waals surface area (Å²) in [6.07, 6.45) is 6.74. The standard InChI is InChI=1S/C23H33N3O2/c1-15-11-12-25(20-9-5-3-7-17(15)20)22(27)14-26-16(2)13-19(23(24)28)18-8-4-6-10-21(18)26/h4,6,8,10,15-17,19-20H,3,5,7,9,11-14H2,1-2H3,(H2,24,28)/t15-,16+,17+,19-,20+/m1/s1. The van der Waals surface area contributed by atoms with E-state index >= 15 is 0 Å². The Hall–Kier alpha value is -2.04. The number of para-hydroxylation sites is 1. The van der Waals surface area contributed by atoms with Crippen LogP contribution >= 0.6 is 0 Å². The van der Waals surface area contributed by atoms with Crippen LogP contribution in [0.25, 0.3) is 0 Å². The lowest BCUT2D eigenvalue weighted by molar-refractivity contribution is -0.137. The van der Waals surface area contributed by atoms with Gasteiger partial charge in [0.05, 0.1) is 12.5 Å². The number of benzene rings is 1. The molecule has 0 radical (unpaired) electrons. The molecule has 2 aliphatic heterocycles. The lowest BCUT2D eigenvalue weighted by Crippen LogP contribution is -2.56. The van der Waals surface area contributed by atoms with Gasteiger partial charge < -0.3 is 15.5 Å². The summed E-state index contributed by atoms with van der Waals surface area (Å²) in [7, 11) is 0. The molecule has 0 spiro atoms. The first-order chi connectivity index (χ1) is 13.5. The smallest absolute Gasteiger partial charge is 0.242 e. The summed E-state index contributed by atoms with van der Waals surface area (Å²) in [5.41, 5.74) is 7.61. The largest absolute Gasteiger partial charge is 0.369 e. The number of likely N-dealkylation sites (tertiary alicyclic amines) is 1. The molecule has 28 heavy (non-hydrogen) atoms. The molecule has 2 fully saturated rings. The first kappa shape index (κ1) is 19.3. The summed E-state index contributed by atoms with van der Waals surface area (Å²) in [5, 5.41) is 0. The predicted molar refractivity (Wildman–Crippen MR) is 111 cm³/mol. The molecule has 2 heterocycles. The molecule has 152 valence electrons. The van der Waals surface area contributed by atoms with Crippen LogP contribution in [-0.2, 0) is 9.59 Å². The average Bonchev–Trinajstić information content (AvgIpc) is 2.70. The Balaban J connectivity index is 1.55. The highest BCUT2D eigenvalue weighted by molar-refractivity contribution is 5.87. The van der Waals surface area contributed by atoms with E-state index in [1.54, 1.807) is 0 Å². The van der Waals surface area contributed by atoms with Gasteiger partial charge in [-0.05, 0) is 56.1 Å². The minimum atomic E-state index is -0.277. The molecule has 1 aliphatic carbocycles. The van der Waals surface area contributed by atoms with E-state index in [4.69, 9.17) is 5.73 Å². The van der Waals surface area contributed by atoms with Crippen LogP contribution in [0.2, 0.25) is 0 Å². The van der Waals surface area contributed by atoms with Crippen molar-refractivity contribution >= 4 is 17.5 Å². The normalized spacial score (nSPS) is 32.4. The zero-order chi connectivity index (χ0) is 19.8. The maximum Gasteiger partial charge on any atom is 0.242 e. The fourth-order valence-corrected chi connectivity index (χ4v) is 5.85. The van der Waals surface area contributed by atoms with E-state index < -0.39 is 0 Å². The summed E-state index contributed by atoms with van der Waals surface area (Å²) < 4.78 is 0. The summed E-state index contributed by atoms with van der Waals surface area (Å²) in [6, 6.07) is 8.46. The van der Waals surface area contributed by atoms with Crippen LogP contribution in [0.5, 0.6) is 0 Å². The van der Waals surface area contributed by atoms with E-state index in [9.17, 15) is 9.59 Å². The van der Waals surface area contributed by atoms with Crippen LogP contribution in [0, 0.1) is 11.8 Å². The molecule has 5 nitrogen and oxygen atoms in total. The van der Waals surface area contributed by atoms with Crippen molar-refractivity contribution in [2.24, 2.45) is 17.6 Å². The second-order valence-electron chi connectivity index (χ2n) is 9.10. The number of rotatable bonds is 3. The van der Waals surface area contributed by atoms with E-state index in [1.807, 2.05) is 24.3 Å². The van der Waals surface area contributed by atoms with Crippen molar-refractivity contribution in [2.45, 2.75) is 70.4 Å². The number of nitrogens with two attached hydrogens (primary N) is 1. The first-order valence-electron chi connectivity index (χ1n) is 10.9. The second-order valence-corrected chi connectivity index (χ2v) is 9.10. The van der Waals surface area contributed by atoms with Crippen LogP contribution in [0.4, 0.5) is 5.69 Å². The Morgan fingerprint density at radius 1 is 1.11 bits per heavy atom. The molecular weight excluding hydrogens is 350 g/mol. The Kier molecular flexibility index (Phi) is 5.35. The van der Waals surface area contributed by atoms with Crippen molar-refractivity contribution in [3.8, 4) is 0 Å². The number of nitrogens with zero attached hydrogens (tertiary/aromatic N) is 2. The highest BCUT2D eigenvalue weighted by Gasteiger charge is 2.41. The maximum absolute atomic E-state index is 13.4. The third-order valence-electron chi connectivity index (χ3n) is 7.44. The fraction of sp³-hybridized carbons (Fsp3) is 0.652. The van der Waals surface area contributed by atoms with Crippen LogP contribution in [0.3, 0.4) is 0 Å². The van der Waals surface area contributed by atoms with Crippen molar-refractivity contribution in [1.82, 2.24) is 4.90 Å². The van der Waals surface area contributed by atoms with Gasteiger partial charge in [-0.1, -0.05) is 38.0 Å². The molecule has 0 unspecified atom stereocenters. The molecule has 2 N–H and O–H groups in total. The van der Waals surface area contributed by atoms with Gasteiger partial charge in [0.25, 0.3) is 0 Å². The molecule has 0 bridgehead atoms. The number of amides is 2.